The van der Waals surface area contributed by atoms with Crippen LogP contribution in [0.3, 0.4) is 0 Å². The molecule has 0 atom stereocenters. The van der Waals surface area contributed by atoms with Gasteiger partial charge in [0, 0.05) is 16.6 Å². The Morgan fingerprint density at radius 2 is 2.00 bits per heavy atom. The Labute approximate surface area is 135 Å². The number of fused-ring (bicyclic) bond motifs is 1. The van der Waals surface area contributed by atoms with Crippen LogP contribution in [0.25, 0.3) is 22.4 Å². The lowest BCUT2D eigenvalue weighted by Gasteiger charge is -2.08. The van der Waals surface area contributed by atoms with Gasteiger partial charge in [-0.25, -0.2) is 4.98 Å². The number of imidazole rings is 1. The minimum atomic E-state index is 0.222. The summed E-state index contributed by atoms with van der Waals surface area (Å²) in [6.07, 6.45) is 2.34. The number of aromatic hydroxyl groups is 1. The molecule has 1 fully saturated rings. The lowest BCUT2D eigenvalue weighted by molar-refractivity contribution is 0.472. The van der Waals surface area contributed by atoms with Crippen LogP contribution >= 0.6 is 27.5 Å². The number of rotatable bonds is 2. The van der Waals surface area contributed by atoms with Gasteiger partial charge in [-0.3, -0.25) is 0 Å². The van der Waals surface area contributed by atoms with Crippen molar-refractivity contribution in [1.82, 2.24) is 9.55 Å². The summed E-state index contributed by atoms with van der Waals surface area (Å²) in [5.41, 5.74) is 2.90. The molecule has 106 valence electrons. The highest BCUT2D eigenvalue weighted by atomic mass is 79.9. The molecule has 1 aliphatic carbocycles. The minimum Gasteiger partial charge on any atom is -0.507 e. The fourth-order valence-electron chi connectivity index (χ4n) is 2.63. The maximum atomic E-state index is 9.92. The van der Waals surface area contributed by atoms with E-state index >= 15 is 0 Å². The zero-order valence-electron chi connectivity index (χ0n) is 11.1. The lowest BCUT2D eigenvalue weighted by Crippen LogP contribution is -1.97. The first-order valence-electron chi connectivity index (χ1n) is 6.80. The van der Waals surface area contributed by atoms with Crippen molar-refractivity contribution in [2.45, 2.75) is 18.9 Å². The third kappa shape index (κ3) is 2.23. The summed E-state index contributed by atoms with van der Waals surface area (Å²) in [6, 6.07) is 11.8. The Kier molecular flexibility index (Phi) is 2.98. The zero-order chi connectivity index (χ0) is 14.6. The van der Waals surface area contributed by atoms with Gasteiger partial charge in [0.1, 0.15) is 11.6 Å². The zero-order valence-corrected chi connectivity index (χ0v) is 13.4. The van der Waals surface area contributed by atoms with Crippen molar-refractivity contribution in [2.75, 3.05) is 0 Å². The summed E-state index contributed by atoms with van der Waals surface area (Å²) in [6.45, 7) is 0. The molecule has 0 bridgehead atoms. The molecule has 1 N–H and O–H groups in total. The van der Waals surface area contributed by atoms with Crippen molar-refractivity contribution in [1.29, 1.82) is 0 Å². The van der Waals surface area contributed by atoms with Crippen LogP contribution in [0.1, 0.15) is 18.9 Å². The number of hydrogen-bond acceptors (Lipinski definition) is 2. The Hall–Kier alpha value is -1.52. The maximum absolute atomic E-state index is 9.92. The van der Waals surface area contributed by atoms with Gasteiger partial charge >= 0.3 is 0 Å². The fourth-order valence-corrected chi connectivity index (χ4v) is 3.04. The van der Waals surface area contributed by atoms with E-state index in [1.165, 1.54) is 12.8 Å². The first-order chi connectivity index (χ1) is 10.1. The van der Waals surface area contributed by atoms with E-state index in [4.69, 9.17) is 16.6 Å². The molecule has 3 aromatic rings. The van der Waals surface area contributed by atoms with Crippen molar-refractivity contribution >= 4 is 38.6 Å². The quantitative estimate of drug-likeness (QED) is 0.683. The van der Waals surface area contributed by atoms with Gasteiger partial charge in [-0.05, 0) is 65.2 Å². The smallest absolute Gasteiger partial charge is 0.141 e. The maximum Gasteiger partial charge on any atom is 0.141 e. The first kappa shape index (κ1) is 13.2. The number of benzene rings is 2. The van der Waals surface area contributed by atoms with Gasteiger partial charge in [0.05, 0.1) is 15.5 Å². The highest BCUT2D eigenvalue weighted by Gasteiger charge is 2.28. The molecule has 5 heteroatoms. The first-order valence-corrected chi connectivity index (χ1v) is 7.97. The number of halogens is 2. The van der Waals surface area contributed by atoms with E-state index in [1.807, 2.05) is 30.3 Å². The summed E-state index contributed by atoms with van der Waals surface area (Å²) >= 11 is 9.38. The Morgan fingerprint density at radius 3 is 2.71 bits per heavy atom. The average molecular weight is 364 g/mol. The summed E-state index contributed by atoms with van der Waals surface area (Å²) in [5, 5.41) is 10.6. The second kappa shape index (κ2) is 4.75. The summed E-state index contributed by atoms with van der Waals surface area (Å²) in [4.78, 5) is 4.73. The van der Waals surface area contributed by atoms with Gasteiger partial charge < -0.3 is 9.67 Å². The number of phenols is 1. The van der Waals surface area contributed by atoms with Gasteiger partial charge in [0.15, 0.2) is 0 Å². The largest absolute Gasteiger partial charge is 0.507 e. The Bertz CT molecular complexity index is 855. The normalized spacial score (nSPS) is 14.8. The van der Waals surface area contributed by atoms with E-state index in [9.17, 15) is 5.11 Å². The lowest BCUT2D eigenvalue weighted by atomic mass is 10.2. The molecule has 3 nitrogen and oxygen atoms in total. The van der Waals surface area contributed by atoms with Gasteiger partial charge in [-0.15, -0.1) is 0 Å². The van der Waals surface area contributed by atoms with Gasteiger partial charge in [-0.1, -0.05) is 11.6 Å². The molecule has 4 rings (SSSR count). The number of aromatic nitrogens is 2. The van der Waals surface area contributed by atoms with Crippen molar-refractivity contribution in [3.05, 3.63) is 45.9 Å². The third-order valence-corrected chi connectivity index (χ3v) is 4.67. The number of phenolic OH excluding ortho intramolecular Hbond substituents is 1. The van der Waals surface area contributed by atoms with Crippen LogP contribution in [0.4, 0.5) is 0 Å². The monoisotopic (exact) mass is 362 g/mol. The topological polar surface area (TPSA) is 38.1 Å². The van der Waals surface area contributed by atoms with Crippen LogP contribution in [0.2, 0.25) is 5.02 Å². The minimum absolute atomic E-state index is 0.222. The van der Waals surface area contributed by atoms with Crippen LogP contribution < -0.4 is 0 Å². The van der Waals surface area contributed by atoms with Crippen molar-refractivity contribution in [3.63, 3.8) is 0 Å². The predicted molar refractivity (Wildman–Crippen MR) is 87.8 cm³/mol. The molecule has 0 spiro atoms. The molecule has 0 amide bonds. The van der Waals surface area contributed by atoms with Gasteiger partial charge in [0.25, 0.3) is 0 Å². The van der Waals surface area contributed by atoms with E-state index < -0.39 is 0 Å². The molecular weight excluding hydrogens is 352 g/mol. The van der Waals surface area contributed by atoms with Crippen LogP contribution in [-0.2, 0) is 0 Å². The molecule has 0 aliphatic heterocycles. The van der Waals surface area contributed by atoms with Crippen molar-refractivity contribution < 1.29 is 5.11 Å². The van der Waals surface area contributed by atoms with Gasteiger partial charge in [-0.2, -0.15) is 0 Å². The molecule has 0 saturated heterocycles. The summed E-state index contributed by atoms with van der Waals surface area (Å²) in [5.74, 6) is 1.11. The number of nitrogens with zero attached hydrogens (tertiary/aromatic N) is 2. The molecular formula is C16H12BrClN2O. The molecule has 21 heavy (non-hydrogen) atoms. The van der Waals surface area contributed by atoms with E-state index in [1.54, 1.807) is 6.07 Å². The van der Waals surface area contributed by atoms with Crippen molar-refractivity contribution in [3.8, 4) is 17.1 Å². The highest BCUT2D eigenvalue weighted by Crippen LogP contribution is 2.42. The third-order valence-electron chi connectivity index (χ3n) is 3.77. The van der Waals surface area contributed by atoms with Crippen LogP contribution in [-0.4, -0.2) is 14.7 Å². The van der Waals surface area contributed by atoms with Crippen LogP contribution in [0, 0.1) is 0 Å². The van der Waals surface area contributed by atoms with E-state index in [0.717, 1.165) is 22.4 Å². The Morgan fingerprint density at radius 1 is 1.19 bits per heavy atom. The van der Waals surface area contributed by atoms with Gasteiger partial charge in [0.2, 0.25) is 0 Å². The summed E-state index contributed by atoms with van der Waals surface area (Å²) < 4.78 is 2.94. The second-order valence-corrected chi connectivity index (χ2v) is 6.63. The molecule has 1 aliphatic rings. The molecule has 1 saturated carbocycles. The SMILES string of the molecule is Oc1cc(-c2nc3cc(Cl)ccc3n2C2CC2)ccc1Br. The summed E-state index contributed by atoms with van der Waals surface area (Å²) in [7, 11) is 0. The highest BCUT2D eigenvalue weighted by molar-refractivity contribution is 9.10. The molecule has 2 aromatic carbocycles. The Balaban J connectivity index is 1.98. The standard InChI is InChI=1S/C16H12BrClN2O/c17-12-5-1-9(7-15(12)21)16-19-13-8-10(18)2-6-14(13)20(16)11-3-4-11/h1-2,5-8,11,21H,3-4H2. The predicted octanol–water partition coefficient (Wildman–Crippen LogP) is 5.16. The van der Waals surface area contributed by atoms with E-state index in [0.29, 0.717) is 15.5 Å². The molecule has 0 radical (unpaired) electrons. The molecule has 1 heterocycles. The van der Waals surface area contributed by atoms with E-state index in [-0.39, 0.29) is 5.75 Å². The van der Waals surface area contributed by atoms with Crippen molar-refractivity contribution in [2.24, 2.45) is 0 Å². The van der Waals surface area contributed by atoms with E-state index in [2.05, 4.69) is 20.5 Å². The number of hydrogen-bond donors (Lipinski definition) is 1. The van der Waals surface area contributed by atoms with Crippen LogP contribution in [0.5, 0.6) is 5.75 Å². The molecule has 0 unspecified atom stereocenters. The molecule has 1 aromatic heterocycles. The average Bonchev–Trinajstić information content (AvgIpc) is 3.22. The van der Waals surface area contributed by atoms with Crippen LogP contribution in [0.15, 0.2) is 40.9 Å². The second-order valence-electron chi connectivity index (χ2n) is 5.34. The fraction of sp³-hybridized carbons (Fsp3) is 0.188.